The maximum atomic E-state index is 11.3. The number of anilines is 1. The minimum atomic E-state index is -0.330. The summed E-state index contributed by atoms with van der Waals surface area (Å²) in [4.78, 5) is 22.2. The predicted molar refractivity (Wildman–Crippen MR) is 75.4 cm³/mol. The topological polar surface area (TPSA) is 93.5 Å². The van der Waals surface area contributed by atoms with Gasteiger partial charge in [0.05, 0.1) is 5.69 Å². The number of hydrogen-bond donors (Lipinski definition) is 3. The van der Waals surface area contributed by atoms with E-state index in [1.165, 1.54) is 0 Å². The first-order valence-electron chi connectivity index (χ1n) is 6.56. The van der Waals surface area contributed by atoms with Crippen molar-refractivity contribution >= 4 is 17.5 Å². The predicted octanol–water partition coefficient (Wildman–Crippen LogP) is 0.932. The van der Waals surface area contributed by atoms with Gasteiger partial charge in [-0.2, -0.15) is 0 Å². The highest BCUT2D eigenvalue weighted by Crippen LogP contribution is 2.30. The highest BCUT2D eigenvalue weighted by Gasteiger charge is 2.18. The SMILES string of the molecule is CC(CC(N)=O)NC(C)c1ccc2c(c1)NC(=O)CO2. The van der Waals surface area contributed by atoms with Gasteiger partial charge in [-0.05, 0) is 31.5 Å². The van der Waals surface area contributed by atoms with E-state index in [2.05, 4.69) is 10.6 Å². The van der Waals surface area contributed by atoms with Crippen LogP contribution in [0.2, 0.25) is 0 Å². The number of rotatable bonds is 5. The lowest BCUT2D eigenvalue weighted by atomic mass is 10.0. The van der Waals surface area contributed by atoms with Crippen molar-refractivity contribution < 1.29 is 14.3 Å². The van der Waals surface area contributed by atoms with E-state index in [4.69, 9.17) is 10.5 Å². The number of nitrogens with one attached hydrogen (secondary N) is 2. The maximum Gasteiger partial charge on any atom is 0.262 e. The van der Waals surface area contributed by atoms with Crippen LogP contribution in [0.4, 0.5) is 5.69 Å². The summed E-state index contributed by atoms with van der Waals surface area (Å²) in [5.41, 5.74) is 6.85. The molecule has 108 valence electrons. The zero-order chi connectivity index (χ0) is 14.7. The number of benzene rings is 1. The van der Waals surface area contributed by atoms with E-state index in [1.807, 2.05) is 32.0 Å². The molecule has 1 heterocycles. The lowest BCUT2D eigenvalue weighted by Crippen LogP contribution is -2.33. The molecule has 2 atom stereocenters. The van der Waals surface area contributed by atoms with E-state index in [0.717, 1.165) is 5.56 Å². The Morgan fingerprint density at radius 1 is 1.50 bits per heavy atom. The Hall–Kier alpha value is -2.08. The molecule has 6 nitrogen and oxygen atoms in total. The van der Waals surface area contributed by atoms with Crippen molar-refractivity contribution in [2.75, 3.05) is 11.9 Å². The largest absolute Gasteiger partial charge is 0.482 e. The van der Waals surface area contributed by atoms with Gasteiger partial charge in [0.25, 0.3) is 5.91 Å². The summed E-state index contributed by atoms with van der Waals surface area (Å²) in [6.07, 6.45) is 0.287. The zero-order valence-electron chi connectivity index (χ0n) is 11.6. The van der Waals surface area contributed by atoms with Crippen molar-refractivity contribution in [2.45, 2.75) is 32.4 Å². The summed E-state index contributed by atoms with van der Waals surface area (Å²) < 4.78 is 5.31. The van der Waals surface area contributed by atoms with E-state index in [1.54, 1.807) is 0 Å². The third kappa shape index (κ3) is 3.48. The minimum Gasteiger partial charge on any atom is -0.482 e. The van der Waals surface area contributed by atoms with Gasteiger partial charge in [0.15, 0.2) is 6.61 Å². The van der Waals surface area contributed by atoms with Crippen LogP contribution in [0, 0.1) is 0 Å². The van der Waals surface area contributed by atoms with Gasteiger partial charge in [-0.25, -0.2) is 0 Å². The van der Waals surface area contributed by atoms with Crippen molar-refractivity contribution in [2.24, 2.45) is 5.73 Å². The van der Waals surface area contributed by atoms with Crippen LogP contribution in [-0.2, 0) is 9.59 Å². The fourth-order valence-corrected chi connectivity index (χ4v) is 2.25. The number of amides is 2. The van der Waals surface area contributed by atoms with E-state index >= 15 is 0 Å². The molecule has 0 saturated carbocycles. The standard InChI is InChI=1S/C14H19N3O3/c1-8(5-13(15)18)16-9(2)10-3-4-12-11(6-10)17-14(19)7-20-12/h3-4,6,8-9,16H,5,7H2,1-2H3,(H2,15,18)(H,17,19). The molecule has 1 aromatic carbocycles. The highest BCUT2D eigenvalue weighted by molar-refractivity contribution is 5.95. The van der Waals surface area contributed by atoms with Gasteiger partial charge in [0.2, 0.25) is 5.91 Å². The minimum absolute atomic E-state index is 0.00984. The van der Waals surface area contributed by atoms with Gasteiger partial charge < -0.3 is 21.1 Å². The highest BCUT2D eigenvalue weighted by atomic mass is 16.5. The zero-order valence-corrected chi connectivity index (χ0v) is 11.6. The molecule has 4 N–H and O–H groups in total. The Morgan fingerprint density at radius 3 is 2.95 bits per heavy atom. The van der Waals surface area contributed by atoms with Crippen LogP contribution >= 0.6 is 0 Å². The summed E-state index contributed by atoms with van der Waals surface area (Å²) in [6, 6.07) is 5.67. The molecule has 6 heteroatoms. The van der Waals surface area contributed by atoms with Crippen LogP contribution < -0.4 is 21.1 Å². The molecular formula is C14H19N3O3. The van der Waals surface area contributed by atoms with Crippen LogP contribution in [0.3, 0.4) is 0 Å². The van der Waals surface area contributed by atoms with Crippen LogP contribution in [-0.4, -0.2) is 24.5 Å². The second kappa shape index (κ2) is 5.92. The van der Waals surface area contributed by atoms with Crippen molar-refractivity contribution in [1.82, 2.24) is 5.32 Å². The molecule has 0 fully saturated rings. The average Bonchev–Trinajstić information content (AvgIpc) is 2.36. The molecule has 0 aromatic heterocycles. The smallest absolute Gasteiger partial charge is 0.262 e. The molecule has 1 aliphatic rings. The number of fused-ring (bicyclic) bond motifs is 1. The molecule has 2 amide bonds. The number of carbonyl (C=O) groups is 2. The Morgan fingerprint density at radius 2 is 2.25 bits per heavy atom. The van der Waals surface area contributed by atoms with Gasteiger partial charge >= 0.3 is 0 Å². The Bertz CT molecular complexity index is 530. The first-order chi connectivity index (χ1) is 9.45. The summed E-state index contributed by atoms with van der Waals surface area (Å²) >= 11 is 0. The normalized spacial score (nSPS) is 16.6. The molecular weight excluding hydrogens is 258 g/mol. The van der Waals surface area contributed by atoms with Crippen LogP contribution in [0.25, 0.3) is 0 Å². The Kier molecular flexibility index (Phi) is 4.24. The first-order valence-corrected chi connectivity index (χ1v) is 6.56. The third-order valence-electron chi connectivity index (χ3n) is 3.18. The summed E-state index contributed by atoms with van der Waals surface area (Å²) in [6.45, 7) is 3.95. The molecule has 1 aliphatic heterocycles. The van der Waals surface area contributed by atoms with Crippen LogP contribution in [0.15, 0.2) is 18.2 Å². The number of nitrogens with two attached hydrogens (primary N) is 1. The maximum absolute atomic E-state index is 11.3. The molecule has 0 aliphatic carbocycles. The van der Waals surface area contributed by atoms with Gasteiger partial charge in [-0.15, -0.1) is 0 Å². The van der Waals surface area contributed by atoms with E-state index in [-0.39, 0.29) is 36.9 Å². The van der Waals surface area contributed by atoms with Crippen LogP contribution in [0.1, 0.15) is 31.9 Å². The first kappa shape index (κ1) is 14.3. The second-order valence-corrected chi connectivity index (χ2v) is 5.05. The number of hydrogen-bond acceptors (Lipinski definition) is 4. The number of carbonyl (C=O) groups excluding carboxylic acids is 2. The van der Waals surface area contributed by atoms with Crippen molar-refractivity contribution in [3.05, 3.63) is 23.8 Å². The third-order valence-corrected chi connectivity index (χ3v) is 3.18. The summed E-state index contributed by atoms with van der Waals surface area (Å²) in [5, 5.41) is 6.07. The quantitative estimate of drug-likeness (QED) is 0.746. The molecule has 0 saturated heterocycles. The number of ether oxygens (including phenoxy) is 1. The molecule has 0 radical (unpaired) electrons. The van der Waals surface area contributed by atoms with Crippen molar-refractivity contribution in [3.63, 3.8) is 0 Å². The van der Waals surface area contributed by atoms with Crippen molar-refractivity contribution in [3.8, 4) is 5.75 Å². The Balaban J connectivity index is 2.07. The summed E-state index contributed by atoms with van der Waals surface area (Å²) in [7, 11) is 0. The van der Waals surface area contributed by atoms with E-state index < -0.39 is 0 Å². The molecule has 2 rings (SSSR count). The fourth-order valence-electron chi connectivity index (χ4n) is 2.25. The van der Waals surface area contributed by atoms with Gasteiger partial charge in [-0.3, -0.25) is 9.59 Å². The van der Waals surface area contributed by atoms with Gasteiger partial charge in [-0.1, -0.05) is 6.07 Å². The second-order valence-electron chi connectivity index (χ2n) is 5.05. The monoisotopic (exact) mass is 277 g/mol. The summed E-state index contributed by atoms with van der Waals surface area (Å²) in [5.74, 6) is 0.186. The van der Waals surface area contributed by atoms with E-state index in [9.17, 15) is 9.59 Å². The number of primary amides is 1. The molecule has 20 heavy (non-hydrogen) atoms. The Labute approximate surface area is 117 Å². The van der Waals surface area contributed by atoms with E-state index in [0.29, 0.717) is 11.4 Å². The van der Waals surface area contributed by atoms with Gasteiger partial charge in [0, 0.05) is 18.5 Å². The van der Waals surface area contributed by atoms with Gasteiger partial charge in [0.1, 0.15) is 5.75 Å². The lowest BCUT2D eigenvalue weighted by molar-refractivity contribution is -0.119. The molecule has 1 aromatic rings. The fraction of sp³-hybridized carbons (Fsp3) is 0.429. The lowest BCUT2D eigenvalue weighted by Gasteiger charge is -2.22. The molecule has 0 bridgehead atoms. The van der Waals surface area contributed by atoms with Crippen molar-refractivity contribution in [1.29, 1.82) is 0 Å². The molecule has 2 unspecified atom stereocenters. The average molecular weight is 277 g/mol. The van der Waals surface area contributed by atoms with Crippen LogP contribution in [0.5, 0.6) is 5.75 Å². The molecule has 0 spiro atoms.